The van der Waals surface area contributed by atoms with E-state index >= 15 is 0 Å². The van der Waals surface area contributed by atoms with Crippen LogP contribution in [0.2, 0.25) is 0 Å². The molecule has 0 atom stereocenters. The van der Waals surface area contributed by atoms with Crippen LogP contribution >= 0.6 is 24.0 Å². The van der Waals surface area contributed by atoms with Crippen molar-refractivity contribution in [3.05, 3.63) is 66.4 Å². The third kappa shape index (κ3) is 6.16. The molecule has 0 fully saturated rings. The van der Waals surface area contributed by atoms with Gasteiger partial charge in [0, 0.05) is 31.3 Å². The van der Waals surface area contributed by atoms with Crippen molar-refractivity contribution < 1.29 is 5.11 Å². The van der Waals surface area contributed by atoms with E-state index in [0.29, 0.717) is 6.54 Å². The molecule has 3 rings (SSSR count). The molecule has 0 bridgehead atoms. The van der Waals surface area contributed by atoms with Crippen LogP contribution in [0.5, 0.6) is 5.75 Å². The SMILES string of the molecule is CCNC(=NCc1ccc(O)cc1)NCCCn1ccc2ccccc21.I. The number of rotatable bonds is 7. The number of aliphatic imine (C=N–C) groups is 1. The minimum atomic E-state index is 0. The number of para-hydroxylation sites is 1. The zero-order valence-electron chi connectivity index (χ0n) is 15.6. The second kappa shape index (κ2) is 10.8. The Morgan fingerprint density at radius 2 is 1.81 bits per heavy atom. The average molecular weight is 478 g/mol. The van der Waals surface area contributed by atoms with Crippen LogP contribution in [0.15, 0.2) is 65.8 Å². The summed E-state index contributed by atoms with van der Waals surface area (Å²) in [6.45, 7) is 5.29. The fourth-order valence-corrected chi connectivity index (χ4v) is 2.91. The van der Waals surface area contributed by atoms with E-state index in [9.17, 15) is 5.11 Å². The van der Waals surface area contributed by atoms with Crippen molar-refractivity contribution in [3.63, 3.8) is 0 Å². The first-order valence-electron chi connectivity index (χ1n) is 9.10. The first-order chi connectivity index (χ1) is 12.8. The summed E-state index contributed by atoms with van der Waals surface area (Å²) in [5.74, 6) is 1.10. The fraction of sp³-hybridized carbons (Fsp3) is 0.286. The molecule has 0 saturated carbocycles. The van der Waals surface area contributed by atoms with Crippen molar-refractivity contribution >= 4 is 40.8 Å². The first-order valence-corrected chi connectivity index (χ1v) is 9.10. The molecule has 0 aliphatic heterocycles. The molecule has 144 valence electrons. The lowest BCUT2D eigenvalue weighted by molar-refractivity contribution is 0.475. The van der Waals surface area contributed by atoms with E-state index in [-0.39, 0.29) is 29.7 Å². The molecule has 1 aromatic heterocycles. The van der Waals surface area contributed by atoms with Crippen LogP contribution in [0.4, 0.5) is 0 Å². The average Bonchev–Trinajstić information content (AvgIpc) is 3.07. The lowest BCUT2D eigenvalue weighted by atomic mass is 10.2. The number of fused-ring (bicyclic) bond motifs is 1. The van der Waals surface area contributed by atoms with Gasteiger partial charge in [-0.1, -0.05) is 30.3 Å². The number of halogens is 1. The Balaban J connectivity index is 0.00000261. The summed E-state index contributed by atoms with van der Waals surface area (Å²) < 4.78 is 2.29. The van der Waals surface area contributed by atoms with Gasteiger partial charge in [0.25, 0.3) is 0 Å². The summed E-state index contributed by atoms with van der Waals surface area (Å²) in [6, 6.07) is 17.8. The van der Waals surface area contributed by atoms with E-state index < -0.39 is 0 Å². The highest BCUT2D eigenvalue weighted by atomic mass is 127. The Labute approximate surface area is 177 Å². The van der Waals surface area contributed by atoms with Gasteiger partial charge in [0.05, 0.1) is 6.54 Å². The number of guanidine groups is 1. The maximum absolute atomic E-state index is 9.34. The third-order valence-corrected chi connectivity index (χ3v) is 4.25. The van der Waals surface area contributed by atoms with E-state index in [1.165, 1.54) is 10.9 Å². The molecule has 5 nitrogen and oxygen atoms in total. The van der Waals surface area contributed by atoms with Gasteiger partial charge in [-0.25, -0.2) is 4.99 Å². The van der Waals surface area contributed by atoms with E-state index in [1.54, 1.807) is 12.1 Å². The predicted octanol–water partition coefficient (Wildman–Crippen LogP) is 4.11. The first kappa shape index (κ1) is 21.1. The van der Waals surface area contributed by atoms with Crippen molar-refractivity contribution in [2.75, 3.05) is 13.1 Å². The van der Waals surface area contributed by atoms with Gasteiger partial charge in [0.15, 0.2) is 5.96 Å². The van der Waals surface area contributed by atoms with E-state index in [2.05, 4.69) is 63.6 Å². The van der Waals surface area contributed by atoms with Crippen LogP contribution < -0.4 is 10.6 Å². The Hall–Kier alpha value is -2.22. The second-order valence-corrected chi connectivity index (χ2v) is 6.21. The molecule has 3 aromatic rings. The van der Waals surface area contributed by atoms with Gasteiger partial charge in [-0.3, -0.25) is 0 Å². The summed E-state index contributed by atoms with van der Waals surface area (Å²) >= 11 is 0. The Morgan fingerprint density at radius 1 is 1.04 bits per heavy atom. The van der Waals surface area contributed by atoms with Gasteiger partial charge in [0.1, 0.15) is 5.75 Å². The smallest absolute Gasteiger partial charge is 0.191 e. The molecular formula is C21H27IN4O. The molecule has 0 aliphatic carbocycles. The highest BCUT2D eigenvalue weighted by molar-refractivity contribution is 14.0. The molecule has 0 saturated heterocycles. The Bertz CT molecular complexity index is 858. The van der Waals surface area contributed by atoms with E-state index in [1.807, 2.05) is 12.1 Å². The predicted molar refractivity (Wildman–Crippen MR) is 123 cm³/mol. The molecule has 0 spiro atoms. The van der Waals surface area contributed by atoms with Crippen molar-refractivity contribution in [3.8, 4) is 5.75 Å². The van der Waals surface area contributed by atoms with Gasteiger partial charge in [-0.05, 0) is 48.6 Å². The van der Waals surface area contributed by atoms with Gasteiger partial charge in [0.2, 0.25) is 0 Å². The number of benzene rings is 2. The molecule has 0 amide bonds. The van der Waals surface area contributed by atoms with Gasteiger partial charge in [-0.2, -0.15) is 0 Å². The van der Waals surface area contributed by atoms with Crippen molar-refractivity contribution in [1.29, 1.82) is 0 Å². The molecule has 0 unspecified atom stereocenters. The lowest BCUT2D eigenvalue weighted by Crippen LogP contribution is -2.38. The monoisotopic (exact) mass is 478 g/mol. The third-order valence-electron chi connectivity index (χ3n) is 4.25. The highest BCUT2D eigenvalue weighted by Crippen LogP contribution is 2.15. The van der Waals surface area contributed by atoms with Crippen molar-refractivity contribution in [2.24, 2.45) is 4.99 Å². The number of aromatic hydroxyl groups is 1. The largest absolute Gasteiger partial charge is 0.508 e. The highest BCUT2D eigenvalue weighted by Gasteiger charge is 2.01. The fourth-order valence-electron chi connectivity index (χ4n) is 2.91. The normalized spacial score (nSPS) is 11.2. The molecule has 0 aliphatic rings. The maximum Gasteiger partial charge on any atom is 0.191 e. The summed E-state index contributed by atoms with van der Waals surface area (Å²) in [5.41, 5.74) is 2.35. The number of phenols is 1. The number of nitrogens with one attached hydrogen (secondary N) is 2. The number of aromatic nitrogens is 1. The number of nitrogens with zero attached hydrogens (tertiary/aromatic N) is 2. The lowest BCUT2D eigenvalue weighted by Gasteiger charge is -2.12. The molecule has 1 heterocycles. The minimum Gasteiger partial charge on any atom is -0.508 e. The number of aryl methyl sites for hydroxylation is 1. The van der Waals surface area contributed by atoms with E-state index in [4.69, 9.17) is 0 Å². The molecular weight excluding hydrogens is 451 g/mol. The van der Waals surface area contributed by atoms with Crippen LogP contribution in [-0.2, 0) is 13.1 Å². The van der Waals surface area contributed by atoms with E-state index in [0.717, 1.165) is 37.6 Å². The minimum absolute atomic E-state index is 0. The number of hydrogen-bond donors (Lipinski definition) is 3. The van der Waals surface area contributed by atoms with Crippen LogP contribution in [0, 0.1) is 0 Å². The van der Waals surface area contributed by atoms with Crippen LogP contribution in [-0.4, -0.2) is 28.7 Å². The Morgan fingerprint density at radius 3 is 2.59 bits per heavy atom. The van der Waals surface area contributed by atoms with Gasteiger partial charge in [-0.15, -0.1) is 24.0 Å². The summed E-state index contributed by atoms with van der Waals surface area (Å²) in [7, 11) is 0. The summed E-state index contributed by atoms with van der Waals surface area (Å²) in [5, 5.41) is 17.3. The van der Waals surface area contributed by atoms with Gasteiger partial charge < -0.3 is 20.3 Å². The quantitative estimate of drug-likeness (QED) is 0.207. The standard InChI is InChI=1S/C21H26N4O.HI/c1-2-22-21(24-16-17-8-10-19(26)11-9-17)23-13-5-14-25-15-12-18-6-3-4-7-20(18)25;/h3-4,6-12,15,26H,2,5,13-14,16H2,1H3,(H2,22,23,24);1H. The topological polar surface area (TPSA) is 61.6 Å². The Kier molecular flexibility index (Phi) is 8.44. The summed E-state index contributed by atoms with van der Waals surface area (Å²) in [4.78, 5) is 4.60. The van der Waals surface area contributed by atoms with Gasteiger partial charge >= 0.3 is 0 Å². The molecule has 6 heteroatoms. The molecule has 3 N–H and O–H groups in total. The molecule has 2 aromatic carbocycles. The second-order valence-electron chi connectivity index (χ2n) is 6.21. The summed E-state index contributed by atoms with van der Waals surface area (Å²) in [6.07, 6.45) is 3.16. The molecule has 27 heavy (non-hydrogen) atoms. The zero-order chi connectivity index (χ0) is 18.2. The number of phenolic OH excluding ortho intramolecular Hbond substituents is 1. The van der Waals surface area contributed by atoms with Crippen molar-refractivity contribution in [1.82, 2.24) is 15.2 Å². The van der Waals surface area contributed by atoms with Crippen molar-refractivity contribution in [2.45, 2.75) is 26.4 Å². The number of hydrogen-bond acceptors (Lipinski definition) is 2. The molecule has 0 radical (unpaired) electrons. The van der Waals surface area contributed by atoms with Crippen LogP contribution in [0.3, 0.4) is 0 Å². The van der Waals surface area contributed by atoms with Crippen LogP contribution in [0.25, 0.3) is 10.9 Å². The zero-order valence-corrected chi connectivity index (χ0v) is 17.9. The maximum atomic E-state index is 9.34. The van der Waals surface area contributed by atoms with Crippen LogP contribution in [0.1, 0.15) is 18.9 Å².